The van der Waals surface area contributed by atoms with Crippen LogP contribution in [0.3, 0.4) is 0 Å². The number of benzene rings is 2. The van der Waals surface area contributed by atoms with Gasteiger partial charge in [-0.2, -0.15) is 8.78 Å². The molecule has 0 aliphatic heterocycles. The number of aryl methyl sites for hydroxylation is 1. The van der Waals surface area contributed by atoms with Gasteiger partial charge in [0.25, 0.3) is 15.9 Å². The molecule has 0 atom stereocenters. The third-order valence-corrected chi connectivity index (χ3v) is 5.98. The van der Waals surface area contributed by atoms with Crippen molar-refractivity contribution >= 4 is 15.9 Å². The molecule has 0 unspecified atom stereocenters. The van der Waals surface area contributed by atoms with Crippen molar-refractivity contribution in [3.05, 3.63) is 76.4 Å². The lowest BCUT2D eigenvalue weighted by Gasteiger charge is -2.13. The average molecular weight is 489 g/mol. The van der Waals surface area contributed by atoms with E-state index < -0.39 is 55.7 Å². The fourth-order valence-corrected chi connectivity index (χ4v) is 4.20. The van der Waals surface area contributed by atoms with Crippen LogP contribution in [0.25, 0.3) is 5.69 Å². The zero-order chi connectivity index (χ0) is 24.7. The van der Waals surface area contributed by atoms with Crippen LogP contribution >= 0.6 is 0 Å². The first-order chi connectivity index (χ1) is 15.4. The van der Waals surface area contributed by atoms with Gasteiger partial charge in [0.05, 0.1) is 12.7 Å². The number of amides is 1. The van der Waals surface area contributed by atoms with Gasteiger partial charge in [-0.25, -0.2) is 21.6 Å². The van der Waals surface area contributed by atoms with Crippen LogP contribution in [0.4, 0.5) is 22.0 Å². The Kier molecular flexibility index (Phi) is 6.47. The molecule has 13 heteroatoms. The van der Waals surface area contributed by atoms with Gasteiger partial charge in [0.2, 0.25) is 11.6 Å². The molecular formula is C20H16F5N3O4S. The standard InChI is InChI=1S/C20H16F5N3O4S/c1-9-8-13(10(2)28(9)12-6-4-11(21)5-7-12)20(29)26-27-33(30,31)19-16(24)14(22)18(32-3)15(23)17(19)25/h4-8,27H,1-3H3,(H,26,29). The van der Waals surface area contributed by atoms with Gasteiger partial charge < -0.3 is 9.30 Å². The molecule has 0 aliphatic rings. The minimum Gasteiger partial charge on any atom is -0.491 e. The van der Waals surface area contributed by atoms with Crippen LogP contribution in [0.5, 0.6) is 5.75 Å². The molecule has 3 rings (SSSR count). The summed E-state index contributed by atoms with van der Waals surface area (Å²) in [7, 11) is -4.55. The monoisotopic (exact) mass is 489 g/mol. The van der Waals surface area contributed by atoms with Crippen LogP contribution in [0.15, 0.2) is 35.2 Å². The van der Waals surface area contributed by atoms with E-state index in [0.29, 0.717) is 17.1 Å². The average Bonchev–Trinajstić information content (AvgIpc) is 3.06. The summed E-state index contributed by atoms with van der Waals surface area (Å²) in [5, 5.41) is 0. The van der Waals surface area contributed by atoms with E-state index in [2.05, 4.69) is 4.74 Å². The maximum absolute atomic E-state index is 14.1. The van der Waals surface area contributed by atoms with Crippen LogP contribution in [-0.2, 0) is 10.0 Å². The summed E-state index contributed by atoms with van der Waals surface area (Å²) in [5.41, 5.74) is 3.08. The quantitative estimate of drug-likeness (QED) is 0.316. The van der Waals surface area contributed by atoms with Crippen molar-refractivity contribution in [1.29, 1.82) is 0 Å². The molecule has 7 nitrogen and oxygen atoms in total. The van der Waals surface area contributed by atoms with E-state index in [0.717, 1.165) is 7.11 Å². The second-order valence-corrected chi connectivity index (χ2v) is 8.39. The minimum absolute atomic E-state index is 0.0347. The highest BCUT2D eigenvalue weighted by Crippen LogP contribution is 2.32. The predicted octanol–water partition coefficient (Wildman–Crippen LogP) is 3.42. The van der Waals surface area contributed by atoms with E-state index in [9.17, 15) is 35.2 Å². The first-order valence-corrected chi connectivity index (χ1v) is 10.6. The van der Waals surface area contributed by atoms with Gasteiger partial charge in [0.1, 0.15) is 5.82 Å². The second kappa shape index (κ2) is 8.83. The second-order valence-electron chi connectivity index (χ2n) is 6.77. The number of ether oxygens (including phenoxy) is 1. The molecule has 0 spiro atoms. The van der Waals surface area contributed by atoms with Gasteiger partial charge >= 0.3 is 0 Å². The Morgan fingerprint density at radius 2 is 1.48 bits per heavy atom. The molecule has 2 N–H and O–H groups in total. The molecule has 3 aromatic rings. The Hall–Kier alpha value is -3.45. The van der Waals surface area contributed by atoms with Crippen molar-refractivity contribution in [3.8, 4) is 11.4 Å². The fourth-order valence-electron chi connectivity index (χ4n) is 3.22. The number of halogens is 5. The van der Waals surface area contributed by atoms with Crippen LogP contribution in [0.2, 0.25) is 0 Å². The molecule has 1 amide bonds. The number of carbonyl (C=O) groups excluding carboxylic acids is 1. The number of hydrazine groups is 1. The molecule has 176 valence electrons. The summed E-state index contributed by atoms with van der Waals surface area (Å²) >= 11 is 0. The molecule has 0 bridgehead atoms. The van der Waals surface area contributed by atoms with Crippen molar-refractivity contribution in [1.82, 2.24) is 14.8 Å². The summed E-state index contributed by atoms with van der Waals surface area (Å²) in [4.78, 5) is 12.0. The number of aromatic nitrogens is 1. The van der Waals surface area contributed by atoms with Gasteiger partial charge in [-0.15, -0.1) is 4.83 Å². The Labute approximate surface area is 184 Å². The van der Waals surface area contributed by atoms with Gasteiger partial charge in [-0.3, -0.25) is 10.2 Å². The van der Waals surface area contributed by atoms with E-state index in [1.54, 1.807) is 16.9 Å². The van der Waals surface area contributed by atoms with Gasteiger partial charge in [-0.05, 0) is 44.2 Å². The SMILES string of the molecule is COc1c(F)c(F)c(S(=O)(=O)NNC(=O)c2cc(C)n(-c3ccc(F)cc3)c2C)c(F)c1F. The van der Waals surface area contributed by atoms with E-state index >= 15 is 0 Å². The number of nitrogens with one attached hydrogen (secondary N) is 2. The van der Waals surface area contributed by atoms with Crippen LogP contribution < -0.4 is 15.0 Å². The van der Waals surface area contributed by atoms with E-state index in [-0.39, 0.29) is 5.56 Å². The lowest BCUT2D eigenvalue weighted by Crippen LogP contribution is -2.42. The van der Waals surface area contributed by atoms with Crippen LogP contribution in [0.1, 0.15) is 21.7 Å². The highest BCUT2D eigenvalue weighted by molar-refractivity contribution is 7.89. The third kappa shape index (κ3) is 4.28. The van der Waals surface area contributed by atoms with Crippen molar-refractivity contribution in [2.24, 2.45) is 0 Å². The van der Waals surface area contributed by atoms with Crippen molar-refractivity contribution in [3.63, 3.8) is 0 Å². The van der Waals surface area contributed by atoms with Crippen LogP contribution in [-0.4, -0.2) is 26.0 Å². The zero-order valence-electron chi connectivity index (χ0n) is 17.3. The molecule has 2 aromatic carbocycles. The summed E-state index contributed by atoms with van der Waals surface area (Å²) < 4.78 is 99.6. The fraction of sp³-hybridized carbons (Fsp3) is 0.150. The zero-order valence-corrected chi connectivity index (χ0v) is 18.1. The van der Waals surface area contributed by atoms with E-state index in [1.807, 2.05) is 0 Å². The lowest BCUT2D eigenvalue weighted by molar-refractivity contribution is 0.0944. The predicted molar refractivity (Wildman–Crippen MR) is 106 cm³/mol. The van der Waals surface area contributed by atoms with Crippen molar-refractivity contribution in [2.75, 3.05) is 7.11 Å². The van der Waals surface area contributed by atoms with E-state index in [1.165, 1.54) is 42.1 Å². The molecule has 0 radical (unpaired) electrons. The molecule has 0 saturated carbocycles. The Morgan fingerprint density at radius 3 is 2.00 bits per heavy atom. The molecule has 0 saturated heterocycles. The third-order valence-electron chi connectivity index (χ3n) is 4.72. The largest absolute Gasteiger partial charge is 0.491 e. The Bertz CT molecular complexity index is 1330. The highest BCUT2D eigenvalue weighted by Gasteiger charge is 2.34. The number of hydrogen-bond acceptors (Lipinski definition) is 4. The smallest absolute Gasteiger partial charge is 0.268 e. The first kappa shape index (κ1) is 24.2. The topological polar surface area (TPSA) is 89.4 Å². The molecule has 0 fully saturated rings. The number of hydrogen-bond donors (Lipinski definition) is 2. The summed E-state index contributed by atoms with van der Waals surface area (Å²) in [6, 6.07) is 6.71. The number of methoxy groups -OCH3 is 1. The summed E-state index contributed by atoms with van der Waals surface area (Å²) in [6.45, 7) is 3.15. The molecule has 0 aliphatic carbocycles. The molecule has 1 heterocycles. The van der Waals surface area contributed by atoms with Gasteiger partial charge in [-0.1, -0.05) is 0 Å². The first-order valence-electron chi connectivity index (χ1n) is 9.07. The maximum Gasteiger partial charge on any atom is 0.268 e. The number of carbonyl (C=O) groups is 1. The maximum atomic E-state index is 14.1. The number of rotatable bonds is 6. The Balaban J connectivity index is 1.90. The molecule has 33 heavy (non-hydrogen) atoms. The Morgan fingerprint density at radius 1 is 0.939 bits per heavy atom. The van der Waals surface area contributed by atoms with Crippen LogP contribution in [0, 0.1) is 42.9 Å². The van der Waals surface area contributed by atoms with Gasteiger partial charge in [0.15, 0.2) is 22.3 Å². The number of nitrogens with zero attached hydrogens (tertiary/aromatic N) is 1. The molecular weight excluding hydrogens is 473 g/mol. The summed E-state index contributed by atoms with van der Waals surface area (Å²) in [6.07, 6.45) is 0. The minimum atomic E-state index is -5.28. The highest BCUT2D eigenvalue weighted by atomic mass is 32.2. The van der Waals surface area contributed by atoms with Gasteiger partial charge in [0, 0.05) is 17.1 Å². The normalized spacial score (nSPS) is 11.5. The van der Waals surface area contributed by atoms with E-state index in [4.69, 9.17) is 0 Å². The number of sulfonamides is 1. The summed E-state index contributed by atoms with van der Waals surface area (Å²) in [5.74, 6) is -11.5. The lowest BCUT2D eigenvalue weighted by atomic mass is 10.2. The van der Waals surface area contributed by atoms with Crippen molar-refractivity contribution in [2.45, 2.75) is 18.7 Å². The van der Waals surface area contributed by atoms with Crippen molar-refractivity contribution < 1.29 is 39.9 Å². The molecule has 1 aromatic heterocycles.